The molecule has 0 aromatic heterocycles. The third-order valence-corrected chi connectivity index (χ3v) is 5.74. The van der Waals surface area contributed by atoms with E-state index in [0.29, 0.717) is 5.92 Å². The predicted molar refractivity (Wildman–Crippen MR) is 103 cm³/mol. The molecule has 0 radical (unpaired) electrons. The van der Waals surface area contributed by atoms with Gasteiger partial charge in [-0.1, -0.05) is 71.2 Å². The zero-order chi connectivity index (χ0) is 17.0. The van der Waals surface area contributed by atoms with E-state index in [1.54, 1.807) is 0 Å². The zero-order valence-electron chi connectivity index (χ0n) is 15.4. The van der Waals surface area contributed by atoms with Crippen LogP contribution in [0.3, 0.4) is 0 Å². The Bertz CT molecular complexity index is 358. The minimum absolute atomic E-state index is 0.0306. The molecule has 0 saturated heterocycles. The fourth-order valence-corrected chi connectivity index (χ4v) is 3.88. The van der Waals surface area contributed by atoms with Crippen molar-refractivity contribution in [2.75, 3.05) is 5.75 Å². The summed E-state index contributed by atoms with van der Waals surface area (Å²) >= 11 is 0. The van der Waals surface area contributed by atoms with Crippen molar-refractivity contribution in [1.82, 2.24) is 4.72 Å². The maximum absolute atomic E-state index is 11.7. The van der Waals surface area contributed by atoms with Crippen molar-refractivity contribution in [3.8, 4) is 0 Å². The quantitative estimate of drug-likeness (QED) is 0.328. The summed E-state index contributed by atoms with van der Waals surface area (Å²) in [5.74, 6) is 6.81. The highest BCUT2D eigenvalue weighted by Gasteiger charge is 2.16. The molecular weight excluding hydrogens is 290 g/mol. The molecular formula is C19H37NOS. The van der Waals surface area contributed by atoms with Gasteiger partial charge in [0, 0.05) is 11.3 Å². The Morgan fingerprint density at radius 2 is 2.00 bits per heavy atom. The molecule has 1 aliphatic rings. The summed E-state index contributed by atoms with van der Waals surface area (Å²) in [5, 5.41) is 0. The molecule has 22 heavy (non-hydrogen) atoms. The summed E-state index contributed by atoms with van der Waals surface area (Å²) in [6.07, 6.45) is 11.6. The van der Waals surface area contributed by atoms with Crippen molar-refractivity contribution in [3.63, 3.8) is 0 Å². The molecule has 1 fully saturated rings. The highest BCUT2D eigenvalue weighted by atomic mass is 32.2. The van der Waals surface area contributed by atoms with E-state index in [1.165, 1.54) is 44.9 Å². The van der Waals surface area contributed by atoms with Crippen LogP contribution in [-0.4, -0.2) is 17.5 Å². The molecule has 1 aliphatic carbocycles. The van der Waals surface area contributed by atoms with Crippen LogP contribution in [0.4, 0.5) is 0 Å². The number of unbranched alkanes of at least 4 members (excludes halogenated alkanes) is 1. The minimum atomic E-state index is -0.247. The molecule has 0 spiro atoms. The molecule has 3 heteroatoms. The number of allylic oxidation sites excluding steroid dienone is 1. The Hall–Kier alpha value is -0.570. The summed E-state index contributed by atoms with van der Waals surface area (Å²) in [6, 6.07) is 0. The second-order valence-corrected chi connectivity index (χ2v) is 7.77. The third-order valence-electron chi connectivity index (χ3n) is 4.30. The van der Waals surface area contributed by atoms with Crippen LogP contribution in [0, 0.1) is 11.8 Å². The zero-order valence-corrected chi connectivity index (χ0v) is 16.2. The molecule has 2 unspecified atom stereocenters. The van der Waals surface area contributed by atoms with E-state index in [4.69, 9.17) is 0 Å². The molecule has 0 aromatic carbocycles. The summed E-state index contributed by atoms with van der Waals surface area (Å²) in [5.41, 5.74) is 0.777. The molecule has 2 atom stereocenters. The molecule has 1 saturated carbocycles. The maximum Gasteiger partial charge on any atom is 0.255 e. The molecule has 0 aliphatic heterocycles. The third kappa shape index (κ3) is 9.45. The van der Waals surface area contributed by atoms with E-state index in [9.17, 15) is 4.79 Å². The Labute approximate surface area is 141 Å². The highest BCUT2D eigenvalue weighted by molar-refractivity contribution is 8.12. The van der Waals surface area contributed by atoms with Crippen LogP contribution < -0.4 is 4.72 Å². The normalized spacial score (nSPS) is 17.8. The standard InChI is InChI=1S/C17H31NOS.C2H6/c1-5-15(3)17(19)18-20(4)13-14(2)9-6-7-10-16-11-8-12-16;1-2/h5,14,16H,4,6-13H2,1-3H3,(H,18,19);1-2H3/b15-5+;. The smallest absolute Gasteiger partial charge is 0.255 e. The van der Waals surface area contributed by atoms with E-state index in [2.05, 4.69) is 17.5 Å². The van der Waals surface area contributed by atoms with E-state index >= 15 is 0 Å². The van der Waals surface area contributed by atoms with Crippen LogP contribution in [0.5, 0.6) is 0 Å². The number of amides is 1. The van der Waals surface area contributed by atoms with Crippen molar-refractivity contribution < 1.29 is 4.79 Å². The lowest BCUT2D eigenvalue weighted by molar-refractivity contribution is -0.115. The first-order valence-electron chi connectivity index (χ1n) is 8.97. The lowest BCUT2D eigenvalue weighted by Gasteiger charge is -2.25. The van der Waals surface area contributed by atoms with Gasteiger partial charge in [-0.15, -0.1) is 10.7 Å². The van der Waals surface area contributed by atoms with Gasteiger partial charge >= 0.3 is 0 Å². The molecule has 1 amide bonds. The van der Waals surface area contributed by atoms with Crippen LogP contribution in [0.2, 0.25) is 0 Å². The van der Waals surface area contributed by atoms with Crippen LogP contribution in [0.25, 0.3) is 0 Å². The highest BCUT2D eigenvalue weighted by Crippen LogP contribution is 2.31. The molecule has 0 aromatic rings. The number of nitrogens with one attached hydrogen (secondary N) is 1. The summed E-state index contributed by atoms with van der Waals surface area (Å²) in [6.45, 7) is 10.0. The Morgan fingerprint density at radius 3 is 2.50 bits per heavy atom. The number of carbonyl (C=O) groups excluding carboxylic acids is 1. The van der Waals surface area contributed by atoms with Crippen molar-refractivity contribution in [2.45, 2.75) is 79.6 Å². The van der Waals surface area contributed by atoms with E-state index in [-0.39, 0.29) is 16.6 Å². The van der Waals surface area contributed by atoms with Crippen molar-refractivity contribution in [3.05, 3.63) is 11.6 Å². The summed E-state index contributed by atoms with van der Waals surface area (Å²) in [4.78, 5) is 11.7. The van der Waals surface area contributed by atoms with Crippen LogP contribution >= 0.6 is 10.7 Å². The van der Waals surface area contributed by atoms with Gasteiger partial charge in [0.05, 0.1) is 0 Å². The van der Waals surface area contributed by atoms with Crippen molar-refractivity contribution >= 4 is 22.4 Å². The van der Waals surface area contributed by atoms with Gasteiger partial charge in [0.2, 0.25) is 0 Å². The van der Waals surface area contributed by atoms with E-state index in [0.717, 1.165) is 17.2 Å². The van der Waals surface area contributed by atoms with Gasteiger partial charge in [0.15, 0.2) is 0 Å². The number of carbonyl (C=O) groups is 1. The number of hydrogen-bond donors (Lipinski definition) is 1. The topological polar surface area (TPSA) is 29.1 Å². The summed E-state index contributed by atoms with van der Waals surface area (Å²) in [7, 11) is -0.247. The first-order chi connectivity index (χ1) is 10.5. The molecule has 1 N–H and O–H groups in total. The molecule has 2 nitrogen and oxygen atoms in total. The van der Waals surface area contributed by atoms with Gasteiger partial charge in [0.25, 0.3) is 5.91 Å². The van der Waals surface area contributed by atoms with Gasteiger partial charge in [-0.25, -0.2) is 0 Å². The predicted octanol–water partition coefficient (Wildman–Crippen LogP) is 5.71. The number of hydrogen-bond acceptors (Lipinski definition) is 1. The largest absolute Gasteiger partial charge is 0.303 e. The van der Waals surface area contributed by atoms with Gasteiger partial charge < -0.3 is 4.72 Å². The van der Waals surface area contributed by atoms with Gasteiger partial charge in [-0.2, -0.15) is 0 Å². The Kier molecular flexibility index (Phi) is 12.6. The Balaban J connectivity index is 0.00000211. The number of rotatable bonds is 9. The average molecular weight is 328 g/mol. The van der Waals surface area contributed by atoms with Crippen LogP contribution in [0.15, 0.2) is 11.6 Å². The monoisotopic (exact) mass is 327 g/mol. The average Bonchev–Trinajstić information content (AvgIpc) is 2.46. The first kappa shape index (κ1) is 21.4. The Morgan fingerprint density at radius 1 is 1.36 bits per heavy atom. The van der Waals surface area contributed by atoms with Gasteiger partial charge in [-0.05, 0) is 32.1 Å². The van der Waals surface area contributed by atoms with Crippen LogP contribution in [0.1, 0.15) is 79.6 Å². The van der Waals surface area contributed by atoms with Gasteiger partial charge in [-0.3, -0.25) is 4.79 Å². The molecule has 0 heterocycles. The SMILES string of the molecule is C=S(CC(C)CCCCC1CCC1)NC(=O)/C(C)=C/C.CC. The lowest BCUT2D eigenvalue weighted by atomic mass is 9.81. The van der Waals surface area contributed by atoms with Crippen molar-refractivity contribution in [1.29, 1.82) is 0 Å². The fraction of sp³-hybridized carbons (Fsp3) is 0.789. The first-order valence-corrected chi connectivity index (χ1v) is 10.5. The maximum atomic E-state index is 11.7. The van der Waals surface area contributed by atoms with E-state index < -0.39 is 0 Å². The lowest BCUT2D eigenvalue weighted by Crippen LogP contribution is -2.20. The fourth-order valence-electron chi connectivity index (χ4n) is 2.52. The molecule has 130 valence electrons. The van der Waals surface area contributed by atoms with E-state index in [1.807, 2.05) is 33.8 Å². The van der Waals surface area contributed by atoms with Crippen LogP contribution in [-0.2, 0) is 4.79 Å². The second kappa shape index (κ2) is 12.9. The minimum Gasteiger partial charge on any atom is -0.303 e. The summed E-state index contributed by atoms with van der Waals surface area (Å²) < 4.78 is 3.00. The molecule has 1 rings (SSSR count). The molecule has 0 bridgehead atoms. The second-order valence-electron chi connectivity index (χ2n) is 6.25. The van der Waals surface area contributed by atoms with Crippen molar-refractivity contribution in [2.24, 2.45) is 11.8 Å². The van der Waals surface area contributed by atoms with Gasteiger partial charge in [0.1, 0.15) is 0 Å².